The van der Waals surface area contributed by atoms with Gasteiger partial charge in [0.1, 0.15) is 12.4 Å². The second-order valence-electron chi connectivity index (χ2n) is 6.65. The number of carbonyl (C=O) groups is 2. The van der Waals surface area contributed by atoms with Gasteiger partial charge in [-0.15, -0.1) is 0 Å². The zero-order valence-corrected chi connectivity index (χ0v) is 15.7. The minimum atomic E-state index is -0.134. The average molecular weight is 365 g/mol. The van der Waals surface area contributed by atoms with Crippen molar-refractivity contribution >= 4 is 34.2 Å². The Morgan fingerprint density at radius 3 is 2.26 bits per heavy atom. The number of anilines is 2. The van der Waals surface area contributed by atoms with Crippen LogP contribution in [-0.2, 0) is 22.7 Å². The van der Waals surface area contributed by atoms with Crippen LogP contribution >= 0.6 is 0 Å². The van der Waals surface area contributed by atoms with E-state index in [1.807, 2.05) is 47.8 Å². The second kappa shape index (κ2) is 8.01. The molecule has 0 saturated carbocycles. The lowest BCUT2D eigenvalue weighted by Gasteiger charge is -2.13. The van der Waals surface area contributed by atoms with Gasteiger partial charge in [0.15, 0.2) is 0 Å². The van der Waals surface area contributed by atoms with E-state index in [4.69, 9.17) is 0 Å². The number of para-hydroxylation sites is 2. The van der Waals surface area contributed by atoms with Crippen LogP contribution in [0.4, 0.5) is 11.4 Å². The van der Waals surface area contributed by atoms with E-state index in [0.29, 0.717) is 17.9 Å². The van der Waals surface area contributed by atoms with Crippen molar-refractivity contribution in [3.63, 3.8) is 0 Å². The molecule has 3 rings (SSSR count). The Labute approximate surface area is 158 Å². The van der Waals surface area contributed by atoms with Gasteiger partial charge in [0.25, 0.3) is 0 Å². The maximum absolute atomic E-state index is 12.6. The highest BCUT2D eigenvalue weighted by atomic mass is 16.2. The summed E-state index contributed by atoms with van der Waals surface area (Å²) in [6, 6.07) is 14.8. The number of nitrogens with zero attached hydrogens (tertiary/aromatic N) is 3. The molecule has 0 aliphatic rings. The van der Waals surface area contributed by atoms with Gasteiger partial charge in [0.05, 0.1) is 17.6 Å². The molecule has 0 saturated heterocycles. The summed E-state index contributed by atoms with van der Waals surface area (Å²) < 4.78 is 1.94. The normalized spacial score (nSPS) is 11.0. The molecule has 0 radical (unpaired) electrons. The average Bonchev–Trinajstić information content (AvgIpc) is 2.93. The second-order valence-corrected chi connectivity index (χ2v) is 6.65. The molecule has 0 fully saturated rings. The first kappa shape index (κ1) is 18.6. The lowest BCUT2D eigenvalue weighted by molar-refractivity contribution is -0.117. The number of rotatable bonds is 6. The fraction of sp³-hybridized carbons (Fsp3) is 0.250. The van der Waals surface area contributed by atoms with Crippen LogP contribution in [0, 0.1) is 0 Å². The van der Waals surface area contributed by atoms with Gasteiger partial charge < -0.3 is 20.1 Å². The molecule has 3 aromatic rings. The van der Waals surface area contributed by atoms with Gasteiger partial charge in [-0.1, -0.05) is 12.1 Å². The monoisotopic (exact) mass is 365 g/mol. The van der Waals surface area contributed by atoms with Gasteiger partial charge >= 0.3 is 0 Å². The first-order valence-electron chi connectivity index (χ1n) is 8.69. The van der Waals surface area contributed by atoms with Crippen LogP contribution in [0.3, 0.4) is 0 Å². The number of imidazole rings is 1. The van der Waals surface area contributed by atoms with Crippen LogP contribution in [0.25, 0.3) is 11.0 Å². The molecule has 0 unspecified atom stereocenters. The lowest BCUT2D eigenvalue weighted by atomic mass is 10.2. The lowest BCUT2D eigenvalue weighted by Crippen LogP contribution is -2.22. The summed E-state index contributed by atoms with van der Waals surface area (Å²) in [4.78, 5) is 30.3. The maximum Gasteiger partial charge on any atom is 0.244 e. The first-order valence-corrected chi connectivity index (χ1v) is 8.69. The molecular formula is C20H23N5O2. The van der Waals surface area contributed by atoms with Crippen molar-refractivity contribution in [1.82, 2.24) is 14.5 Å². The molecule has 0 bridgehead atoms. The molecule has 2 aromatic carbocycles. The zero-order valence-electron chi connectivity index (χ0n) is 15.7. The summed E-state index contributed by atoms with van der Waals surface area (Å²) >= 11 is 0. The highest BCUT2D eigenvalue weighted by Crippen LogP contribution is 2.18. The number of hydrogen-bond acceptors (Lipinski definition) is 4. The van der Waals surface area contributed by atoms with Gasteiger partial charge in [-0.3, -0.25) is 9.59 Å². The van der Waals surface area contributed by atoms with Crippen molar-refractivity contribution in [3.8, 4) is 0 Å². The summed E-state index contributed by atoms with van der Waals surface area (Å²) in [7, 11) is 3.95. The van der Waals surface area contributed by atoms with Gasteiger partial charge in [-0.25, -0.2) is 4.98 Å². The molecule has 1 aromatic heterocycles. The molecule has 0 aliphatic heterocycles. The highest BCUT2D eigenvalue weighted by molar-refractivity contribution is 5.93. The van der Waals surface area contributed by atoms with E-state index in [0.717, 1.165) is 16.9 Å². The maximum atomic E-state index is 12.6. The van der Waals surface area contributed by atoms with Crippen LogP contribution in [-0.4, -0.2) is 40.4 Å². The first-order chi connectivity index (χ1) is 12.9. The fourth-order valence-corrected chi connectivity index (χ4v) is 2.89. The molecule has 7 heteroatoms. The van der Waals surface area contributed by atoms with Crippen LogP contribution in [0.15, 0.2) is 48.5 Å². The van der Waals surface area contributed by atoms with E-state index >= 15 is 0 Å². The number of carbonyl (C=O) groups excluding carboxylic acids is 2. The number of hydrogen-bond donors (Lipinski definition) is 2. The summed E-state index contributed by atoms with van der Waals surface area (Å²) in [6.07, 6.45) is 0. The van der Waals surface area contributed by atoms with E-state index in [1.165, 1.54) is 6.92 Å². The Hall–Kier alpha value is -3.19. The molecular weight excluding hydrogens is 342 g/mol. The number of benzene rings is 2. The number of fused-ring (bicyclic) bond motifs is 1. The van der Waals surface area contributed by atoms with E-state index in [-0.39, 0.29) is 18.4 Å². The summed E-state index contributed by atoms with van der Waals surface area (Å²) in [6.45, 7) is 2.28. The molecule has 0 spiro atoms. The van der Waals surface area contributed by atoms with E-state index in [1.54, 1.807) is 24.3 Å². The Kier molecular flexibility index (Phi) is 5.52. The van der Waals surface area contributed by atoms with E-state index in [9.17, 15) is 9.59 Å². The molecule has 7 nitrogen and oxygen atoms in total. The smallest absolute Gasteiger partial charge is 0.244 e. The van der Waals surface area contributed by atoms with Crippen LogP contribution in [0.1, 0.15) is 12.7 Å². The third-order valence-electron chi connectivity index (χ3n) is 3.98. The van der Waals surface area contributed by atoms with E-state index < -0.39 is 0 Å². The number of nitrogens with one attached hydrogen (secondary N) is 2. The third-order valence-corrected chi connectivity index (χ3v) is 3.98. The molecule has 0 atom stereocenters. The Morgan fingerprint density at radius 1 is 1.00 bits per heavy atom. The Balaban J connectivity index is 1.76. The standard InChI is InChI=1S/C20H23N5O2/c1-14(26)21-15-8-10-16(11-9-15)22-20(27)13-25-18-7-5-4-6-17(18)23-19(25)12-24(2)3/h4-11H,12-13H2,1-3H3,(H,21,26)(H,22,27). The largest absolute Gasteiger partial charge is 0.326 e. The SMILES string of the molecule is CC(=O)Nc1ccc(NC(=O)Cn2c(CN(C)C)nc3ccccc32)cc1. The molecule has 1 heterocycles. The van der Waals surface area contributed by atoms with Crippen LogP contribution < -0.4 is 10.6 Å². The zero-order chi connectivity index (χ0) is 19.4. The van der Waals surface area contributed by atoms with Gasteiger partial charge in [0.2, 0.25) is 11.8 Å². The molecule has 140 valence electrons. The highest BCUT2D eigenvalue weighted by Gasteiger charge is 2.14. The molecule has 2 amide bonds. The quantitative estimate of drug-likeness (QED) is 0.704. The minimum Gasteiger partial charge on any atom is -0.326 e. The Morgan fingerprint density at radius 2 is 1.63 bits per heavy atom. The van der Waals surface area contributed by atoms with Crippen molar-refractivity contribution in [1.29, 1.82) is 0 Å². The van der Waals surface area contributed by atoms with Crippen molar-refractivity contribution in [3.05, 3.63) is 54.4 Å². The minimum absolute atomic E-state index is 0.132. The molecule has 0 aliphatic carbocycles. The van der Waals surface area contributed by atoms with Crippen molar-refractivity contribution in [2.45, 2.75) is 20.0 Å². The van der Waals surface area contributed by atoms with Gasteiger partial charge in [-0.05, 0) is 50.5 Å². The van der Waals surface area contributed by atoms with Gasteiger partial charge in [0, 0.05) is 18.3 Å². The van der Waals surface area contributed by atoms with Crippen molar-refractivity contribution < 1.29 is 9.59 Å². The number of aromatic nitrogens is 2. The number of amides is 2. The summed E-state index contributed by atoms with van der Waals surface area (Å²) in [5.74, 6) is 0.579. The summed E-state index contributed by atoms with van der Waals surface area (Å²) in [5, 5.41) is 5.59. The van der Waals surface area contributed by atoms with Gasteiger partial charge in [-0.2, -0.15) is 0 Å². The predicted octanol–water partition coefficient (Wildman–Crippen LogP) is 2.70. The molecule has 27 heavy (non-hydrogen) atoms. The topological polar surface area (TPSA) is 79.3 Å². The van der Waals surface area contributed by atoms with E-state index in [2.05, 4.69) is 15.6 Å². The predicted molar refractivity (Wildman–Crippen MR) is 106 cm³/mol. The van der Waals surface area contributed by atoms with Crippen molar-refractivity contribution in [2.75, 3.05) is 24.7 Å². The molecule has 2 N–H and O–H groups in total. The van der Waals surface area contributed by atoms with Crippen LogP contribution in [0.5, 0.6) is 0 Å². The van der Waals surface area contributed by atoms with Crippen LogP contribution in [0.2, 0.25) is 0 Å². The summed E-state index contributed by atoms with van der Waals surface area (Å²) in [5.41, 5.74) is 3.18. The Bertz CT molecular complexity index is 960. The van der Waals surface area contributed by atoms with Crippen molar-refractivity contribution in [2.24, 2.45) is 0 Å². The third kappa shape index (κ3) is 4.71. The fourth-order valence-electron chi connectivity index (χ4n) is 2.89.